The summed E-state index contributed by atoms with van der Waals surface area (Å²) in [6.45, 7) is 0.166. The molecule has 110 valence electrons. The Morgan fingerprint density at radius 2 is 2.20 bits per heavy atom. The van der Waals surface area contributed by atoms with Gasteiger partial charge in [-0.05, 0) is 0 Å². The van der Waals surface area contributed by atoms with E-state index in [0.29, 0.717) is 18.0 Å². The number of nitrogens with one attached hydrogen (secondary N) is 1. The highest BCUT2D eigenvalue weighted by Crippen LogP contribution is 2.09. The number of ether oxygens (including phenoxy) is 1. The van der Waals surface area contributed by atoms with Crippen LogP contribution in [-0.2, 0) is 16.0 Å². The molecule has 8 nitrogen and oxygen atoms in total. The molecule has 20 heavy (non-hydrogen) atoms. The minimum absolute atomic E-state index is 0.000800. The zero-order chi connectivity index (χ0) is 15.1. The Morgan fingerprint density at radius 3 is 2.75 bits per heavy atom. The summed E-state index contributed by atoms with van der Waals surface area (Å²) in [4.78, 5) is 38.3. The lowest BCUT2D eigenvalue weighted by Gasteiger charge is -2.16. The van der Waals surface area contributed by atoms with Crippen molar-refractivity contribution in [3.8, 4) is 0 Å². The van der Waals surface area contributed by atoms with Gasteiger partial charge in [0.2, 0.25) is 0 Å². The third-order valence-electron chi connectivity index (χ3n) is 2.33. The number of rotatable bonds is 6. The van der Waals surface area contributed by atoms with Crippen molar-refractivity contribution in [2.75, 3.05) is 27.2 Å². The predicted octanol–water partition coefficient (Wildman–Crippen LogP) is 0.198. The summed E-state index contributed by atoms with van der Waals surface area (Å²) in [6.07, 6.45) is 0.426. The van der Waals surface area contributed by atoms with Gasteiger partial charge >= 0.3 is 18.0 Å². The molecular formula is C11H15N3O5S. The van der Waals surface area contributed by atoms with Gasteiger partial charge in [-0.2, -0.15) is 0 Å². The second-order valence-electron chi connectivity index (χ2n) is 3.85. The number of aromatic carboxylic acids is 1. The molecular weight excluding hydrogens is 286 g/mol. The molecule has 0 aliphatic rings. The van der Waals surface area contributed by atoms with Crippen molar-refractivity contribution in [2.45, 2.75) is 6.42 Å². The number of carbonyl (C=O) groups is 3. The zero-order valence-corrected chi connectivity index (χ0v) is 11.9. The number of carbonyl (C=O) groups excluding carboxylic acids is 2. The van der Waals surface area contributed by atoms with E-state index in [-0.39, 0.29) is 12.2 Å². The van der Waals surface area contributed by atoms with Gasteiger partial charge < -0.3 is 20.1 Å². The number of hydrogen-bond acceptors (Lipinski definition) is 6. The fourth-order valence-electron chi connectivity index (χ4n) is 1.27. The third-order valence-corrected chi connectivity index (χ3v) is 3.24. The summed E-state index contributed by atoms with van der Waals surface area (Å²) in [5.41, 5.74) is -0.000800. The molecule has 0 spiro atoms. The molecule has 2 N–H and O–H groups in total. The van der Waals surface area contributed by atoms with E-state index in [0.717, 1.165) is 0 Å². The molecule has 0 unspecified atom stereocenters. The number of esters is 1. The summed E-state index contributed by atoms with van der Waals surface area (Å²) in [7, 11) is 2.72. The van der Waals surface area contributed by atoms with Gasteiger partial charge in [0.05, 0.1) is 12.1 Å². The predicted molar refractivity (Wildman–Crippen MR) is 70.8 cm³/mol. The first-order valence-corrected chi connectivity index (χ1v) is 6.55. The maximum atomic E-state index is 11.6. The van der Waals surface area contributed by atoms with E-state index in [1.165, 1.54) is 35.8 Å². The van der Waals surface area contributed by atoms with E-state index in [4.69, 9.17) is 5.11 Å². The average molecular weight is 301 g/mol. The van der Waals surface area contributed by atoms with Gasteiger partial charge in [-0.3, -0.25) is 4.79 Å². The number of carboxylic acid groups (broad SMARTS) is 1. The van der Waals surface area contributed by atoms with Gasteiger partial charge in [0, 0.05) is 25.4 Å². The maximum absolute atomic E-state index is 11.6. The number of urea groups is 1. The van der Waals surface area contributed by atoms with Crippen LogP contribution in [0.5, 0.6) is 0 Å². The molecule has 0 saturated carbocycles. The molecule has 0 radical (unpaired) electrons. The van der Waals surface area contributed by atoms with E-state index in [9.17, 15) is 14.4 Å². The average Bonchev–Trinajstić information content (AvgIpc) is 2.87. The first kappa shape index (κ1) is 15.9. The van der Waals surface area contributed by atoms with E-state index < -0.39 is 18.0 Å². The summed E-state index contributed by atoms with van der Waals surface area (Å²) >= 11 is 1.22. The Kier molecular flexibility index (Phi) is 5.91. The summed E-state index contributed by atoms with van der Waals surface area (Å²) in [5.74, 6) is -1.58. The monoisotopic (exact) mass is 301 g/mol. The van der Waals surface area contributed by atoms with Crippen LogP contribution < -0.4 is 5.32 Å². The molecule has 0 fully saturated rings. The molecule has 1 heterocycles. The number of methoxy groups -OCH3 is 1. The van der Waals surface area contributed by atoms with Crippen molar-refractivity contribution in [3.63, 3.8) is 0 Å². The van der Waals surface area contributed by atoms with E-state index in [2.05, 4.69) is 15.0 Å². The van der Waals surface area contributed by atoms with Crippen LogP contribution in [0, 0.1) is 0 Å². The molecule has 1 rings (SSSR count). The van der Waals surface area contributed by atoms with Crippen LogP contribution in [0.3, 0.4) is 0 Å². The van der Waals surface area contributed by atoms with E-state index in [1.807, 2.05) is 0 Å². The number of nitrogens with zero attached hydrogens (tertiary/aromatic N) is 2. The molecule has 0 atom stereocenters. The highest BCUT2D eigenvalue weighted by molar-refractivity contribution is 7.09. The van der Waals surface area contributed by atoms with Crippen molar-refractivity contribution in [2.24, 2.45) is 0 Å². The minimum atomic E-state index is -1.07. The molecule has 1 aromatic heterocycles. The highest BCUT2D eigenvalue weighted by Gasteiger charge is 2.13. The van der Waals surface area contributed by atoms with Crippen LogP contribution in [-0.4, -0.2) is 60.2 Å². The Hall–Kier alpha value is -2.16. The van der Waals surface area contributed by atoms with Gasteiger partial charge in [-0.15, -0.1) is 11.3 Å². The summed E-state index contributed by atoms with van der Waals surface area (Å²) < 4.78 is 4.45. The van der Waals surface area contributed by atoms with E-state index in [1.54, 1.807) is 0 Å². The van der Waals surface area contributed by atoms with Crippen LogP contribution >= 0.6 is 11.3 Å². The number of likely N-dealkylation sites (N-methyl/N-ethyl adjacent to an activating group) is 1. The lowest BCUT2D eigenvalue weighted by atomic mass is 10.4. The Balaban J connectivity index is 2.34. The maximum Gasteiger partial charge on any atom is 0.355 e. The lowest BCUT2D eigenvalue weighted by Crippen LogP contribution is -2.41. The van der Waals surface area contributed by atoms with Crippen molar-refractivity contribution in [1.29, 1.82) is 0 Å². The zero-order valence-electron chi connectivity index (χ0n) is 11.1. The Morgan fingerprint density at radius 1 is 1.50 bits per heavy atom. The molecule has 2 amide bonds. The lowest BCUT2D eigenvalue weighted by molar-refractivity contribution is -0.141. The number of hydrogen-bond donors (Lipinski definition) is 2. The van der Waals surface area contributed by atoms with Crippen LogP contribution in [0.25, 0.3) is 0 Å². The molecule has 0 saturated heterocycles. The van der Waals surface area contributed by atoms with Crippen LogP contribution in [0.2, 0.25) is 0 Å². The number of amides is 2. The van der Waals surface area contributed by atoms with Crippen molar-refractivity contribution in [3.05, 3.63) is 16.1 Å². The Bertz CT molecular complexity index is 502. The molecule has 9 heteroatoms. The number of carboxylic acids is 1. The SMILES string of the molecule is COC(=O)CN(C)C(=O)NCCc1nc(C(=O)O)cs1. The fraction of sp³-hybridized carbons (Fsp3) is 0.455. The standard InChI is InChI=1S/C11H15N3O5S/c1-14(5-9(15)19-2)11(18)12-4-3-8-13-7(6-20-8)10(16)17/h6H,3-5H2,1-2H3,(H,12,18)(H,16,17). The molecule has 0 aliphatic heterocycles. The summed E-state index contributed by atoms with van der Waals surface area (Å²) in [5, 5.41) is 13.4. The molecule has 0 bridgehead atoms. The molecule has 0 aromatic carbocycles. The Labute approximate surface area is 119 Å². The van der Waals surface area contributed by atoms with Crippen LogP contribution in [0.1, 0.15) is 15.5 Å². The molecule has 1 aromatic rings. The van der Waals surface area contributed by atoms with Gasteiger partial charge in [-0.25, -0.2) is 14.6 Å². The van der Waals surface area contributed by atoms with Crippen LogP contribution in [0.4, 0.5) is 4.79 Å². The minimum Gasteiger partial charge on any atom is -0.476 e. The first-order chi connectivity index (χ1) is 9.43. The summed E-state index contributed by atoms with van der Waals surface area (Å²) in [6, 6.07) is -0.412. The topological polar surface area (TPSA) is 109 Å². The smallest absolute Gasteiger partial charge is 0.355 e. The fourth-order valence-corrected chi connectivity index (χ4v) is 2.04. The van der Waals surface area contributed by atoms with Crippen LogP contribution in [0.15, 0.2) is 5.38 Å². The third kappa shape index (κ3) is 4.84. The first-order valence-electron chi connectivity index (χ1n) is 5.67. The highest BCUT2D eigenvalue weighted by atomic mass is 32.1. The second-order valence-corrected chi connectivity index (χ2v) is 4.79. The largest absolute Gasteiger partial charge is 0.476 e. The van der Waals surface area contributed by atoms with Crippen molar-refractivity contribution >= 4 is 29.3 Å². The van der Waals surface area contributed by atoms with Crippen molar-refractivity contribution in [1.82, 2.24) is 15.2 Å². The van der Waals surface area contributed by atoms with Gasteiger partial charge in [-0.1, -0.05) is 0 Å². The van der Waals surface area contributed by atoms with E-state index >= 15 is 0 Å². The number of aromatic nitrogens is 1. The quantitative estimate of drug-likeness (QED) is 0.726. The van der Waals surface area contributed by atoms with Crippen molar-refractivity contribution < 1.29 is 24.2 Å². The van der Waals surface area contributed by atoms with Gasteiger partial charge in [0.25, 0.3) is 0 Å². The number of thiazole rings is 1. The van der Waals surface area contributed by atoms with Gasteiger partial charge in [0.1, 0.15) is 6.54 Å². The molecule has 0 aliphatic carbocycles. The second kappa shape index (κ2) is 7.43. The normalized spacial score (nSPS) is 9.90. The van der Waals surface area contributed by atoms with Gasteiger partial charge in [0.15, 0.2) is 5.69 Å².